The zero-order valence-electron chi connectivity index (χ0n) is 10.7. The quantitative estimate of drug-likeness (QED) is 0.751. The number of hydrogen-bond acceptors (Lipinski definition) is 5. The maximum atomic E-state index is 12.8. The molecule has 0 aliphatic heterocycles. The van der Waals surface area contributed by atoms with E-state index in [4.69, 9.17) is 10.2 Å². The molecule has 21 heavy (non-hydrogen) atoms. The van der Waals surface area contributed by atoms with Crippen LogP contribution >= 0.6 is 0 Å². The maximum absolute atomic E-state index is 12.8. The summed E-state index contributed by atoms with van der Waals surface area (Å²) in [6, 6.07) is 5.15. The number of carbonyl (C=O) groups is 2. The SMILES string of the molecule is NC(=O)CNC(=O)Cn1nc(-c2ccc(F)cc2)oc1=O. The second-order valence-corrected chi connectivity index (χ2v) is 4.08. The minimum Gasteiger partial charge on any atom is -0.388 e. The van der Waals surface area contributed by atoms with Gasteiger partial charge in [-0.15, -0.1) is 5.10 Å². The Kier molecular flexibility index (Phi) is 4.12. The Hall–Kier alpha value is -2.97. The Labute approximate surface area is 117 Å². The lowest BCUT2D eigenvalue weighted by Crippen LogP contribution is -2.37. The zero-order chi connectivity index (χ0) is 15.4. The Morgan fingerprint density at radius 2 is 2.00 bits per heavy atom. The lowest BCUT2D eigenvalue weighted by atomic mass is 10.2. The molecule has 2 aromatic rings. The molecular formula is C12H11FN4O4. The van der Waals surface area contributed by atoms with E-state index in [9.17, 15) is 18.8 Å². The summed E-state index contributed by atoms with van der Waals surface area (Å²) in [6.45, 7) is -0.757. The fourth-order valence-corrected chi connectivity index (χ4v) is 1.49. The topological polar surface area (TPSA) is 120 Å². The molecule has 0 aliphatic rings. The van der Waals surface area contributed by atoms with Crippen molar-refractivity contribution >= 4 is 11.8 Å². The molecule has 0 bridgehead atoms. The smallest absolute Gasteiger partial charge is 0.388 e. The molecule has 8 nitrogen and oxygen atoms in total. The van der Waals surface area contributed by atoms with Crippen LogP contribution in [0, 0.1) is 5.82 Å². The largest absolute Gasteiger partial charge is 0.437 e. The van der Waals surface area contributed by atoms with Gasteiger partial charge in [-0.25, -0.2) is 9.18 Å². The number of aromatic nitrogens is 2. The van der Waals surface area contributed by atoms with Crippen molar-refractivity contribution < 1.29 is 18.4 Å². The predicted octanol–water partition coefficient (Wildman–Crippen LogP) is -0.756. The molecular weight excluding hydrogens is 283 g/mol. The Bertz CT molecular complexity index is 720. The Morgan fingerprint density at radius 3 is 2.62 bits per heavy atom. The van der Waals surface area contributed by atoms with Crippen LogP contribution in [0.15, 0.2) is 33.5 Å². The molecule has 0 fully saturated rings. The number of rotatable bonds is 5. The van der Waals surface area contributed by atoms with Crippen LogP contribution in [0.2, 0.25) is 0 Å². The molecule has 0 spiro atoms. The van der Waals surface area contributed by atoms with E-state index in [0.717, 1.165) is 4.68 Å². The Balaban J connectivity index is 2.12. The van der Waals surface area contributed by atoms with Gasteiger partial charge in [-0.1, -0.05) is 0 Å². The number of carbonyl (C=O) groups excluding carboxylic acids is 2. The Morgan fingerprint density at radius 1 is 1.33 bits per heavy atom. The number of halogens is 1. The van der Waals surface area contributed by atoms with Crippen LogP contribution in [0.3, 0.4) is 0 Å². The second-order valence-electron chi connectivity index (χ2n) is 4.08. The molecule has 110 valence electrons. The summed E-state index contributed by atoms with van der Waals surface area (Å²) in [6.07, 6.45) is 0. The predicted molar refractivity (Wildman–Crippen MR) is 68.4 cm³/mol. The average Bonchev–Trinajstić information content (AvgIpc) is 2.78. The van der Waals surface area contributed by atoms with Gasteiger partial charge in [0.25, 0.3) is 0 Å². The third kappa shape index (κ3) is 3.75. The molecule has 0 aliphatic carbocycles. The van der Waals surface area contributed by atoms with E-state index in [1.165, 1.54) is 24.3 Å². The maximum Gasteiger partial charge on any atom is 0.437 e. The first-order valence-electron chi connectivity index (χ1n) is 5.84. The van der Waals surface area contributed by atoms with Crippen molar-refractivity contribution in [2.75, 3.05) is 6.54 Å². The molecule has 2 amide bonds. The molecule has 2 rings (SSSR count). The molecule has 9 heteroatoms. The number of primary amides is 1. The highest BCUT2D eigenvalue weighted by molar-refractivity contribution is 5.83. The van der Waals surface area contributed by atoms with Gasteiger partial charge in [-0.3, -0.25) is 9.59 Å². The van der Waals surface area contributed by atoms with Crippen LogP contribution in [0.25, 0.3) is 11.5 Å². The first-order chi connectivity index (χ1) is 9.95. The minimum absolute atomic E-state index is 0.0392. The summed E-state index contributed by atoms with van der Waals surface area (Å²) < 4.78 is 18.5. The minimum atomic E-state index is -0.844. The van der Waals surface area contributed by atoms with E-state index >= 15 is 0 Å². The molecule has 0 saturated carbocycles. The fraction of sp³-hybridized carbons (Fsp3) is 0.167. The lowest BCUT2D eigenvalue weighted by molar-refractivity contribution is -0.125. The number of nitrogens with zero attached hydrogens (tertiary/aromatic N) is 2. The molecule has 0 radical (unpaired) electrons. The van der Waals surface area contributed by atoms with Gasteiger partial charge in [0, 0.05) is 5.56 Å². The third-order valence-corrected chi connectivity index (χ3v) is 2.45. The highest BCUT2D eigenvalue weighted by Gasteiger charge is 2.13. The van der Waals surface area contributed by atoms with Gasteiger partial charge in [0.2, 0.25) is 17.7 Å². The number of nitrogens with two attached hydrogens (primary N) is 1. The number of nitrogens with one attached hydrogen (secondary N) is 1. The summed E-state index contributed by atoms with van der Waals surface area (Å²) in [7, 11) is 0. The molecule has 0 unspecified atom stereocenters. The van der Waals surface area contributed by atoms with E-state index in [0.29, 0.717) is 5.56 Å². The summed E-state index contributed by atoms with van der Waals surface area (Å²) in [5.74, 6) is -2.64. The number of benzene rings is 1. The highest BCUT2D eigenvalue weighted by Crippen LogP contribution is 2.15. The van der Waals surface area contributed by atoms with E-state index in [2.05, 4.69) is 10.4 Å². The highest BCUT2D eigenvalue weighted by atomic mass is 19.1. The zero-order valence-corrected chi connectivity index (χ0v) is 10.7. The van der Waals surface area contributed by atoms with Crippen LogP contribution in [-0.4, -0.2) is 28.1 Å². The molecule has 1 aromatic heterocycles. The van der Waals surface area contributed by atoms with Gasteiger partial charge in [-0.2, -0.15) is 4.68 Å². The van der Waals surface area contributed by atoms with Gasteiger partial charge in [0.05, 0.1) is 6.54 Å². The second kappa shape index (κ2) is 5.99. The summed E-state index contributed by atoms with van der Waals surface area (Å²) in [5.41, 5.74) is 5.26. The van der Waals surface area contributed by atoms with Crippen LogP contribution in [0.1, 0.15) is 0 Å². The molecule has 0 atom stereocenters. The van der Waals surface area contributed by atoms with E-state index in [1.807, 2.05) is 0 Å². The third-order valence-electron chi connectivity index (χ3n) is 2.45. The first kappa shape index (κ1) is 14.4. The summed E-state index contributed by atoms with van der Waals surface area (Å²) >= 11 is 0. The fourth-order valence-electron chi connectivity index (χ4n) is 1.49. The van der Waals surface area contributed by atoms with Gasteiger partial charge >= 0.3 is 5.76 Å². The first-order valence-corrected chi connectivity index (χ1v) is 5.84. The van der Waals surface area contributed by atoms with Crippen molar-refractivity contribution in [3.63, 3.8) is 0 Å². The number of amides is 2. The molecule has 1 heterocycles. The van der Waals surface area contributed by atoms with Crippen molar-refractivity contribution in [3.05, 3.63) is 40.6 Å². The monoisotopic (exact) mass is 294 g/mol. The van der Waals surface area contributed by atoms with Crippen LogP contribution in [-0.2, 0) is 16.1 Å². The molecule has 3 N–H and O–H groups in total. The van der Waals surface area contributed by atoms with Crippen molar-refractivity contribution in [2.45, 2.75) is 6.54 Å². The van der Waals surface area contributed by atoms with E-state index < -0.39 is 29.9 Å². The van der Waals surface area contributed by atoms with Crippen molar-refractivity contribution in [2.24, 2.45) is 5.73 Å². The number of hydrogen-bond donors (Lipinski definition) is 2. The van der Waals surface area contributed by atoms with E-state index in [-0.39, 0.29) is 12.4 Å². The van der Waals surface area contributed by atoms with Gasteiger partial charge in [0.15, 0.2) is 0 Å². The van der Waals surface area contributed by atoms with Crippen molar-refractivity contribution in [1.29, 1.82) is 0 Å². The standard InChI is InChI=1S/C12H11FN4O4/c13-8-3-1-7(2-4-8)11-16-17(12(20)21-11)6-10(19)15-5-9(14)18/h1-4H,5-6H2,(H2,14,18)(H,15,19). The van der Waals surface area contributed by atoms with Gasteiger partial charge in [0.1, 0.15) is 12.4 Å². The average molecular weight is 294 g/mol. The summed E-state index contributed by atoms with van der Waals surface area (Å²) in [5, 5.41) is 6.02. The van der Waals surface area contributed by atoms with Gasteiger partial charge < -0.3 is 15.5 Å². The van der Waals surface area contributed by atoms with Crippen molar-refractivity contribution in [1.82, 2.24) is 15.1 Å². The van der Waals surface area contributed by atoms with Gasteiger partial charge in [-0.05, 0) is 24.3 Å². The lowest BCUT2D eigenvalue weighted by Gasteiger charge is -2.00. The van der Waals surface area contributed by atoms with Crippen molar-refractivity contribution in [3.8, 4) is 11.5 Å². The normalized spacial score (nSPS) is 10.3. The van der Waals surface area contributed by atoms with Crippen LogP contribution < -0.4 is 16.8 Å². The van der Waals surface area contributed by atoms with Crippen LogP contribution in [0.4, 0.5) is 4.39 Å². The molecule has 0 saturated heterocycles. The summed E-state index contributed by atoms with van der Waals surface area (Å²) in [4.78, 5) is 33.5. The van der Waals surface area contributed by atoms with E-state index in [1.54, 1.807) is 0 Å². The molecule has 1 aromatic carbocycles. The van der Waals surface area contributed by atoms with Crippen LogP contribution in [0.5, 0.6) is 0 Å².